The average Bonchev–Trinajstić information content (AvgIpc) is 3.14. The number of nitrogens with one attached hydrogen (secondary N) is 1. The van der Waals surface area contributed by atoms with E-state index in [1.165, 1.54) is 46.8 Å². The van der Waals surface area contributed by atoms with Crippen LogP contribution in [0.4, 0.5) is 5.00 Å². The molecule has 0 bridgehead atoms. The maximum absolute atomic E-state index is 12.9. The summed E-state index contributed by atoms with van der Waals surface area (Å²) in [5, 5.41) is 12.9. The molecule has 0 saturated heterocycles. The molecule has 2 amide bonds. The standard InChI is InChI=1S/C23H28N4O4S2/c1-4-11-27(12-5-2)33(30,31)18-8-6-17(7-9-18)22(29)25-23-20(14-24)19-10-13-26(16(3)28)15-21(19)32-23/h6-9H,4-5,10-13,15H2,1-3H3,(H,25,29). The van der Waals surface area contributed by atoms with Crippen LogP contribution in [0.2, 0.25) is 0 Å². The summed E-state index contributed by atoms with van der Waals surface area (Å²) in [5.74, 6) is -0.443. The molecule has 176 valence electrons. The van der Waals surface area contributed by atoms with Gasteiger partial charge in [0.1, 0.15) is 11.1 Å². The molecule has 3 rings (SSSR count). The van der Waals surface area contributed by atoms with Crippen LogP contribution in [0.1, 0.15) is 60.0 Å². The van der Waals surface area contributed by atoms with Crippen LogP contribution in [0, 0.1) is 11.3 Å². The number of hydrogen-bond donors (Lipinski definition) is 1. The molecule has 33 heavy (non-hydrogen) atoms. The van der Waals surface area contributed by atoms with Crippen molar-refractivity contribution in [3.63, 3.8) is 0 Å². The Morgan fingerprint density at radius 2 is 1.82 bits per heavy atom. The molecule has 0 aliphatic carbocycles. The molecular weight excluding hydrogens is 460 g/mol. The molecule has 1 N–H and O–H groups in total. The Kier molecular flexibility index (Phi) is 7.89. The van der Waals surface area contributed by atoms with Crippen molar-refractivity contribution in [3.8, 4) is 6.07 Å². The normalized spacial score (nSPS) is 13.5. The molecule has 8 nitrogen and oxygen atoms in total. The quantitative estimate of drug-likeness (QED) is 0.611. The van der Waals surface area contributed by atoms with E-state index in [0.717, 1.165) is 23.3 Å². The van der Waals surface area contributed by atoms with Gasteiger partial charge in [-0.25, -0.2) is 8.42 Å². The molecule has 1 aromatic heterocycles. The predicted molar refractivity (Wildman–Crippen MR) is 128 cm³/mol. The van der Waals surface area contributed by atoms with E-state index in [1.54, 1.807) is 4.90 Å². The van der Waals surface area contributed by atoms with Crippen LogP contribution in [0.3, 0.4) is 0 Å². The van der Waals surface area contributed by atoms with E-state index in [2.05, 4.69) is 11.4 Å². The molecule has 0 unspecified atom stereocenters. The highest BCUT2D eigenvalue weighted by Crippen LogP contribution is 2.37. The summed E-state index contributed by atoms with van der Waals surface area (Å²) in [6.45, 7) is 7.24. The van der Waals surface area contributed by atoms with Gasteiger partial charge in [-0.2, -0.15) is 9.57 Å². The second-order valence-electron chi connectivity index (χ2n) is 7.89. The highest BCUT2D eigenvalue weighted by Gasteiger charge is 2.27. The highest BCUT2D eigenvalue weighted by atomic mass is 32.2. The van der Waals surface area contributed by atoms with Gasteiger partial charge in [-0.1, -0.05) is 13.8 Å². The predicted octanol–water partition coefficient (Wildman–Crippen LogP) is 3.59. The minimum Gasteiger partial charge on any atom is -0.337 e. The maximum atomic E-state index is 12.9. The number of carbonyl (C=O) groups is 2. The Morgan fingerprint density at radius 1 is 1.18 bits per heavy atom. The monoisotopic (exact) mass is 488 g/mol. The zero-order chi connectivity index (χ0) is 24.2. The largest absolute Gasteiger partial charge is 0.337 e. The maximum Gasteiger partial charge on any atom is 0.256 e. The van der Waals surface area contributed by atoms with Crippen LogP contribution >= 0.6 is 11.3 Å². The van der Waals surface area contributed by atoms with Crippen LogP contribution in [-0.2, 0) is 27.8 Å². The zero-order valence-corrected chi connectivity index (χ0v) is 20.7. The van der Waals surface area contributed by atoms with Gasteiger partial charge in [0, 0.05) is 37.0 Å². The third-order valence-corrected chi connectivity index (χ3v) is 8.59. The number of benzene rings is 1. The lowest BCUT2D eigenvalue weighted by Gasteiger charge is -2.25. The number of hydrogen-bond acceptors (Lipinski definition) is 6. The van der Waals surface area contributed by atoms with Gasteiger partial charge >= 0.3 is 0 Å². The van der Waals surface area contributed by atoms with Crippen LogP contribution in [0.5, 0.6) is 0 Å². The van der Waals surface area contributed by atoms with Crippen molar-refractivity contribution < 1.29 is 18.0 Å². The van der Waals surface area contributed by atoms with Crippen molar-refractivity contribution in [3.05, 3.63) is 45.8 Å². The lowest BCUT2D eigenvalue weighted by atomic mass is 10.0. The fourth-order valence-electron chi connectivity index (χ4n) is 3.83. The second-order valence-corrected chi connectivity index (χ2v) is 10.9. The van der Waals surface area contributed by atoms with Gasteiger partial charge in [0.2, 0.25) is 15.9 Å². The molecule has 2 heterocycles. The van der Waals surface area contributed by atoms with E-state index in [1.807, 2.05) is 13.8 Å². The first-order valence-corrected chi connectivity index (χ1v) is 13.2. The van der Waals surface area contributed by atoms with Crippen molar-refractivity contribution in [1.82, 2.24) is 9.21 Å². The summed E-state index contributed by atoms with van der Waals surface area (Å²) in [5.41, 5.74) is 1.61. The Balaban J connectivity index is 1.80. The van der Waals surface area contributed by atoms with Crippen molar-refractivity contribution in [2.45, 2.75) is 51.5 Å². The molecule has 0 fully saturated rings. The SMILES string of the molecule is CCCN(CCC)S(=O)(=O)c1ccc(C(=O)Nc2sc3c(c2C#N)CCN(C(C)=O)C3)cc1. The van der Waals surface area contributed by atoms with Gasteiger partial charge in [0.25, 0.3) is 5.91 Å². The molecule has 0 spiro atoms. The molecule has 0 atom stereocenters. The Bertz CT molecular complexity index is 1170. The Labute approximate surface area is 198 Å². The average molecular weight is 489 g/mol. The Hall–Kier alpha value is -2.74. The number of nitrogens with zero attached hydrogens (tertiary/aromatic N) is 3. The lowest BCUT2D eigenvalue weighted by Crippen LogP contribution is -2.33. The van der Waals surface area contributed by atoms with Crippen molar-refractivity contribution in [2.75, 3.05) is 25.0 Å². The van der Waals surface area contributed by atoms with E-state index in [0.29, 0.717) is 48.7 Å². The van der Waals surface area contributed by atoms with Crippen LogP contribution in [0.25, 0.3) is 0 Å². The topological polar surface area (TPSA) is 111 Å². The first-order valence-electron chi connectivity index (χ1n) is 10.9. The van der Waals surface area contributed by atoms with E-state index < -0.39 is 15.9 Å². The molecule has 0 saturated carbocycles. The van der Waals surface area contributed by atoms with Crippen LogP contribution in [0.15, 0.2) is 29.2 Å². The summed E-state index contributed by atoms with van der Waals surface area (Å²) in [6.07, 6.45) is 2.01. The molecule has 1 aliphatic heterocycles. The molecule has 1 aliphatic rings. The summed E-state index contributed by atoms with van der Waals surface area (Å²) in [7, 11) is -3.62. The number of rotatable bonds is 8. The number of nitriles is 1. The summed E-state index contributed by atoms with van der Waals surface area (Å²) < 4.78 is 27.3. The summed E-state index contributed by atoms with van der Waals surface area (Å²) in [4.78, 5) is 27.3. The molecular formula is C23H28N4O4S2. The first-order chi connectivity index (χ1) is 15.7. The number of amides is 2. The molecule has 1 aromatic carbocycles. The minimum absolute atomic E-state index is 0.0235. The van der Waals surface area contributed by atoms with Crippen molar-refractivity contribution in [2.24, 2.45) is 0 Å². The van der Waals surface area contributed by atoms with E-state index in [9.17, 15) is 23.3 Å². The number of thiophene rings is 1. The van der Waals surface area contributed by atoms with E-state index >= 15 is 0 Å². The fraction of sp³-hybridized carbons (Fsp3) is 0.435. The lowest BCUT2D eigenvalue weighted by molar-refractivity contribution is -0.129. The summed E-state index contributed by atoms with van der Waals surface area (Å²) in [6, 6.07) is 8.03. The minimum atomic E-state index is -3.62. The third kappa shape index (κ3) is 5.27. The van der Waals surface area contributed by atoms with Gasteiger partial charge in [-0.3, -0.25) is 9.59 Å². The zero-order valence-electron chi connectivity index (χ0n) is 19.1. The molecule has 2 aromatic rings. The fourth-order valence-corrected chi connectivity index (χ4v) is 6.67. The second kappa shape index (κ2) is 10.5. The third-order valence-electron chi connectivity index (χ3n) is 5.54. The van der Waals surface area contributed by atoms with E-state index in [4.69, 9.17) is 0 Å². The Morgan fingerprint density at radius 3 is 2.36 bits per heavy atom. The number of carbonyl (C=O) groups excluding carboxylic acids is 2. The van der Waals surface area contributed by atoms with Crippen molar-refractivity contribution >= 4 is 38.2 Å². The summed E-state index contributed by atoms with van der Waals surface area (Å²) >= 11 is 1.30. The van der Waals surface area contributed by atoms with Gasteiger partial charge < -0.3 is 10.2 Å². The van der Waals surface area contributed by atoms with Gasteiger partial charge in [0.15, 0.2) is 0 Å². The van der Waals surface area contributed by atoms with E-state index in [-0.39, 0.29) is 10.8 Å². The van der Waals surface area contributed by atoms with Crippen LogP contribution in [-0.4, -0.2) is 49.1 Å². The number of fused-ring (bicyclic) bond motifs is 1. The van der Waals surface area contributed by atoms with Gasteiger partial charge in [-0.15, -0.1) is 11.3 Å². The van der Waals surface area contributed by atoms with Crippen LogP contribution < -0.4 is 5.32 Å². The number of anilines is 1. The highest BCUT2D eigenvalue weighted by molar-refractivity contribution is 7.89. The molecule has 10 heteroatoms. The smallest absolute Gasteiger partial charge is 0.256 e. The van der Waals surface area contributed by atoms with Gasteiger partial charge in [-0.05, 0) is 49.1 Å². The first kappa shape index (κ1) is 24.9. The number of sulfonamides is 1. The van der Waals surface area contributed by atoms with Gasteiger partial charge in [0.05, 0.1) is 17.0 Å². The van der Waals surface area contributed by atoms with Crippen molar-refractivity contribution in [1.29, 1.82) is 5.26 Å². The molecule has 0 radical (unpaired) electrons.